The van der Waals surface area contributed by atoms with E-state index in [0.29, 0.717) is 0 Å². The summed E-state index contributed by atoms with van der Waals surface area (Å²) >= 11 is 0. The van der Waals surface area contributed by atoms with Crippen LogP contribution in [0.1, 0.15) is 48.8 Å². The van der Waals surface area contributed by atoms with Crippen LogP contribution < -0.4 is 5.73 Å². The van der Waals surface area contributed by atoms with Crippen molar-refractivity contribution in [2.45, 2.75) is 51.5 Å². The summed E-state index contributed by atoms with van der Waals surface area (Å²) in [4.78, 5) is 0. The maximum atomic E-state index is 7.03. The highest BCUT2D eigenvalue weighted by molar-refractivity contribution is 5.36. The minimum absolute atomic E-state index is 0.0219. The van der Waals surface area contributed by atoms with E-state index in [1.807, 2.05) is 0 Å². The van der Waals surface area contributed by atoms with E-state index >= 15 is 0 Å². The average molecular weight is 255 g/mol. The predicted molar refractivity (Wildman–Crippen MR) is 78.8 cm³/mol. The Bertz CT molecular complexity index is 488. The first-order chi connectivity index (χ1) is 9.07. The Hall–Kier alpha value is -0.820. The van der Waals surface area contributed by atoms with Gasteiger partial charge in [-0.3, -0.25) is 0 Å². The van der Waals surface area contributed by atoms with Crippen LogP contribution in [-0.2, 0) is 5.54 Å². The zero-order chi connectivity index (χ0) is 13.2. The molecule has 4 aliphatic carbocycles. The molecule has 4 aliphatic rings. The summed E-state index contributed by atoms with van der Waals surface area (Å²) in [7, 11) is 0. The standard InChI is InChI=1S/C18H25N/c1-11-3-4-15(5-12(11)2)18(19)16-7-13-6-14(9-16)10-17(18)8-13/h3-5,13-14,16-17H,6-10,19H2,1-2H3. The second-order valence-corrected chi connectivity index (χ2v) is 7.54. The lowest BCUT2D eigenvalue weighted by Gasteiger charge is -2.60. The van der Waals surface area contributed by atoms with Crippen molar-refractivity contribution in [1.29, 1.82) is 0 Å². The predicted octanol–water partition coefficient (Wildman–Crippen LogP) is 3.91. The molecular formula is C18H25N. The molecule has 2 N–H and O–H groups in total. The fourth-order valence-electron chi connectivity index (χ4n) is 5.45. The van der Waals surface area contributed by atoms with Gasteiger partial charge in [0.25, 0.3) is 0 Å². The van der Waals surface area contributed by atoms with Crippen LogP contribution in [0, 0.1) is 37.5 Å². The van der Waals surface area contributed by atoms with Gasteiger partial charge < -0.3 is 5.73 Å². The van der Waals surface area contributed by atoms with E-state index in [4.69, 9.17) is 5.73 Å². The van der Waals surface area contributed by atoms with Crippen molar-refractivity contribution in [3.8, 4) is 0 Å². The first-order valence-electron chi connectivity index (χ1n) is 7.94. The number of benzene rings is 1. The average Bonchev–Trinajstić information content (AvgIpc) is 2.38. The monoisotopic (exact) mass is 255 g/mol. The molecule has 0 atom stereocenters. The van der Waals surface area contributed by atoms with Gasteiger partial charge in [-0.05, 0) is 86.3 Å². The Morgan fingerprint density at radius 2 is 1.47 bits per heavy atom. The third-order valence-corrected chi connectivity index (χ3v) is 6.50. The Morgan fingerprint density at radius 1 is 0.895 bits per heavy atom. The fourth-order valence-corrected chi connectivity index (χ4v) is 5.45. The Kier molecular flexibility index (Phi) is 2.42. The molecule has 102 valence electrons. The molecule has 0 aliphatic heterocycles. The molecule has 1 aromatic rings. The fraction of sp³-hybridized carbons (Fsp3) is 0.667. The highest BCUT2D eigenvalue weighted by Crippen LogP contribution is 2.60. The summed E-state index contributed by atoms with van der Waals surface area (Å²) in [5.41, 5.74) is 11.2. The minimum Gasteiger partial charge on any atom is -0.321 e. The minimum atomic E-state index is -0.0219. The van der Waals surface area contributed by atoms with Gasteiger partial charge in [-0.25, -0.2) is 0 Å². The summed E-state index contributed by atoms with van der Waals surface area (Å²) in [6, 6.07) is 6.95. The van der Waals surface area contributed by atoms with E-state index in [9.17, 15) is 0 Å². The number of hydrogen-bond acceptors (Lipinski definition) is 1. The largest absolute Gasteiger partial charge is 0.321 e. The normalized spacial score (nSPS) is 43.7. The molecule has 0 amide bonds. The molecule has 0 spiro atoms. The van der Waals surface area contributed by atoms with Crippen LogP contribution in [0.25, 0.3) is 0 Å². The lowest BCUT2D eigenvalue weighted by atomic mass is 9.47. The molecule has 0 saturated heterocycles. The van der Waals surface area contributed by atoms with Crippen molar-refractivity contribution < 1.29 is 0 Å². The van der Waals surface area contributed by atoms with Crippen LogP contribution in [-0.4, -0.2) is 0 Å². The summed E-state index contributed by atoms with van der Waals surface area (Å²) in [5, 5.41) is 0. The van der Waals surface area contributed by atoms with Gasteiger partial charge >= 0.3 is 0 Å². The third kappa shape index (κ3) is 1.57. The van der Waals surface area contributed by atoms with Gasteiger partial charge in [0.1, 0.15) is 0 Å². The van der Waals surface area contributed by atoms with Crippen LogP contribution >= 0.6 is 0 Å². The number of nitrogens with two attached hydrogens (primary N) is 1. The van der Waals surface area contributed by atoms with E-state index < -0.39 is 0 Å². The summed E-state index contributed by atoms with van der Waals surface area (Å²) in [6.45, 7) is 4.41. The quantitative estimate of drug-likeness (QED) is 0.809. The smallest absolute Gasteiger partial charge is 0.0467 e. The Labute approximate surface area is 116 Å². The van der Waals surface area contributed by atoms with Gasteiger partial charge in [0.15, 0.2) is 0 Å². The molecule has 19 heavy (non-hydrogen) atoms. The molecule has 0 radical (unpaired) electrons. The number of rotatable bonds is 1. The highest BCUT2D eigenvalue weighted by atomic mass is 14.8. The summed E-state index contributed by atoms with van der Waals surface area (Å²) < 4.78 is 0. The van der Waals surface area contributed by atoms with Gasteiger partial charge in [-0.2, -0.15) is 0 Å². The molecular weight excluding hydrogens is 230 g/mol. The summed E-state index contributed by atoms with van der Waals surface area (Å²) in [5.74, 6) is 3.47. The topological polar surface area (TPSA) is 26.0 Å². The second-order valence-electron chi connectivity index (χ2n) is 7.54. The van der Waals surface area contributed by atoms with Gasteiger partial charge in [0, 0.05) is 5.54 Å². The van der Waals surface area contributed by atoms with Gasteiger partial charge in [0.05, 0.1) is 0 Å². The molecule has 4 bridgehead atoms. The SMILES string of the molecule is Cc1ccc(C2(N)C3CC4CC(C3)CC2C4)cc1C. The number of aryl methyl sites for hydroxylation is 2. The van der Waals surface area contributed by atoms with Crippen LogP contribution in [0.2, 0.25) is 0 Å². The van der Waals surface area contributed by atoms with Crippen molar-refractivity contribution in [3.63, 3.8) is 0 Å². The third-order valence-electron chi connectivity index (χ3n) is 6.50. The highest BCUT2D eigenvalue weighted by Gasteiger charge is 2.55. The molecule has 5 rings (SSSR count). The first-order valence-corrected chi connectivity index (χ1v) is 7.94. The van der Waals surface area contributed by atoms with Crippen molar-refractivity contribution in [2.75, 3.05) is 0 Å². The molecule has 1 nitrogen and oxygen atoms in total. The van der Waals surface area contributed by atoms with E-state index in [2.05, 4.69) is 32.0 Å². The second kappa shape index (κ2) is 3.85. The van der Waals surface area contributed by atoms with Crippen molar-refractivity contribution in [1.82, 2.24) is 0 Å². The molecule has 1 aromatic carbocycles. The zero-order valence-corrected chi connectivity index (χ0v) is 12.2. The van der Waals surface area contributed by atoms with Crippen molar-refractivity contribution in [2.24, 2.45) is 29.4 Å². The lowest BCUT2D eigenvalue weighted by molar-refractivity contribution is -0.0584. The maximum Gasteiger partial charge on any atom is 0.0467 e. The van der Waals surface area contributed by atoms with Gasteiger partial charge in [0.2, 0.25) is 0 Å². The van der Waals surface area contributed by atoms with E-state index in [0.717, 1.165) is 23.7 Å². The van der Waals surface area contributed by atoms with Crippen LogP contribution in [0.5, 0.6) is 0 Å². The lowest BCUT2D eigenvalue weighted by Crippen LogP contribution is -2.60. The Balaban J connectivity index is 1.78. The molecule has 0 unspecified atom stereocenters. The Morgan fingerprint density at radius 3 is 2.00 bits per heavy atom. The van der Waals surface area contributed by atoms with Gasteiger partial charge in [-0.1, -0.05) is 18.2 Å². The van der Waals surface area contributed by atoms with E-state index in [1.54, 1.807) is 0 Å². The van der Waals surface area contributed by atoms with Crippen LogP contribution in [0.4, 0.5) is 0 Å². The van der Waals surface area contributed by atoms with E-state index in [-0.39, 0.29) is 5.54 Å². The van der Waals surface area contributed by atoms with Crippen LogP contribution in [0.15, 0.2) is 18.2 Å². The molecule has 0 aromatic heterocycles. The zero-order valence-electron chi connectivity index (χ0n) is 12.2. The molecule has 4 fully saturated rings. The molecule has 4 saturated carbocycles. The van der Waals surface area contributed by atoms with Gasteiger partial charge in [-0.15, -0.1) is 0 Å². The van der Waals surface area contributed by atoms with Crippen LogP contribution in [0.3, 0.4) is 0 Å². The van der Waals surface area contributed by atoms with E-state index in [1.165, 1.54) is 48.8 Å². The van der Waals surface area contributed by atoms with Crippen molar-refractivity contribution >= 4 is 0 Å². The number of hydrogen-bond donors (Lipinski definition) is 1. The first kappa shape index (κ1) is 12.0. The molecule has 0 heterocycles. The molecule has 1 heteroatoms. The maximum absolute atomic E-state index is 7.03. The van der Waals surface area contributed by atoms with Crippen molar-refractivity contribution in [3.05, 3.63) is 34.9 Å². The summed E-state index contributed by atoms with van der Waals surface area (Å²) in [6.07, 6.45) is 7.04.